The lowest BCUT2D eigenvalue weighted by Gasteiger charge is -2.28. The average molecular weight is 599 g/mol. The molecule has 44 heavy (non-hydrogen) atoms. The Morgan fingerprint density at radius 1 is 1.05 bits per heavy atom. The Bertz CT molecular complexity index is 1740. The highest BCUT2D eigenvalue weighted by atomic mass is 19.1. The summed E-state index contributed by atoms with van der Waals surface area (Å²) in [4.78, 5) is 42.5. The molecule has 1 fully saturated rings. The van der Waals surface area contributed by atoms with Crippen molar-refractivity contribution in [1.29, 1.82) is 5.41 Å². The third-order valence-electron chi connectivity index (χ3n) is 6.93. The van der Waals surface area contributed by atoms with E-state index in [1.54, 1.807) is 30.5 Å². The van der Waals surface area contributed by atoms with E-state index in [0.29, 0.717) is 60.2 Å². The van der Waals surface area contributed by atoms with Crippen LogP contribution in [0.5, 0.6) is 0 Å². The second-order valence-electron chi connectivity index (χ2n) is 10.2. The van der Waals surface area contributed by atoms with E-state index in [4.69, 9.17) is 20.1 Å². The molecule has 5 N–H and O–H groups in total. The van der Waals surface area contributed by atoms with Crippen molar-refractivity contribution in [2.24, 2.45) is 0 Å². The Labute approximate surface area is 253 Å². The van der Waals surface area contributed by atoms with Gasteiger partial charge < -0.3 is 35.9 Å². The van der Waals surface area contributed by atoms with Crippen LogP contribution in [0.4, 0.5) is 26.4 Å². The molecule has 12 nitrogen and oxygen atoms in total. The van der Waals surface area contributed by atoms with Gasteiger partial charge in [-0.15, -0.1) is 0 Å². The standard InChI is InChI=1S/C31H32FN9O3/c1-34-17-21(16-33)20-14-26-27(35-18-20)29(41-10-12-44-13-11-41)39-28(38-26)19-4-6-22(7-5-19)36-31(43)37-23-8-9-24(25(32)15-23)30(42)40(2)3/h4-9,14-18,33-34H,10-13H2,1-3H3,(H2,36,37,43)/p+1/b21-17+,33-16?. The van der Waals surface area contributed by atoms with Gasteiger partial charge in [0, 0.05) is 62.1 Å². The number of fused-ring (bicyclic) bond motifs is 1. The van der Waals surface area contributed by atoms with Crippen LogP contribution in [0.15, 0.2) is 60.9 Å². The molecule has 0 spiro atoms. The lowest BCUT2D eigenvalue weighted by molar-refractivity contribution is -0.555. The number of halogens is 1. The topological polar surface area (TPSA) is 153 Å². The number of quaternary nitrogens is 1. The number of rotatable bonds is 8. The monoisotopic (exact) mass is 598 g/mol. The van der Waals surface area contributed by atoms with E-state index in [2.05, 4.69) is 20.5 Å². The van der Waals surface area contributed by atoms with Gasteiger partial charge >= 0.3 is 6.03 Å². The van der Waals surface area contributed by atoms with E-state index in [0.717, 1.165) is 17.2 Å². The first-order valence-electron chi connectivity index (χ1n) is 14.0. The molecular weight excluding hydrogens is 565 g/mol. The number of pyridine rings is 1. The van der Waals surface area contributed by atoms with Crippen molar-refractivity contribution in [2.45, 2.75) is 0 Å². The average Bonchev–Trinajstić information content (AvgIpc) is 3.03. The van der Waals surface area contributed by atoms with Gasteiger partial charge in [-0.2, -0.15) is 0 Å². The lowest BCUT2D eigenvalue weighted by atomic mass is 10.1. The number of anilines is 3. The van der Waals surface area contributed by atoms with E-state index in [9.17, 15) is 14.0 Å². The van der Waals surface area contributed by atoms with Crippen molar-refractivity contribution < 1.29 is 24.0 Å². The summed E-state index contributed by atoms with van der Waals surface area (Å²) in [5.74, 6) is -0.00626. The number of nitrogens with zero attached hydrogens (tertiary/aromatic N) is 5. The molecule has 0 bridgehead atoms. The second kappa shape index (κ2) is 13.4. The molecule has 13 heteroatoms. The normalized spacial score (nSPS) is 13.5. The Balaban J connectivity index is 1.38. The fraction of sp³-hybridized carbons (Fsp3) is 0.226. The molecule has 2 aromatic heterocycles. The molecular formula is C31H33FN9O3+. The summed E-state index contributed by atoms with van der Waals surface area (Å²) in [5.41, 5.74) is 4.14. The number of urea groups is 1. The van der Waals surface area contributed by atoms with Crippen LogP contribution < -0.4 is 20.9 Å². The lowest BCUT2D eigenvalue weighted by Crippen LogP contribution is -2.72. The van der Waals surface area contributed by atoms with Crippen LogP contribution in [0.3, 0.4) is 0 Å². The Morgan fingerprint density at radius 2 is 1.75 bits per heavy atom. The maximum Gasteiger partial charge on any atom is 0.323 e. The number of benzene rings is 2. The van der Waals surface area contributed by atoms with Crippen LogP contribution in [-0.4, -0.2) is 85.5 Å². The van der Waals surface area contributed by atoms with Crippen molar-refractivity contribution in [3.63, 3.8) is 0 Å². The molecule has 4 aromatic rings. The Kier molecular flexibility index (Phi) is 9.17. The summed E-state index contributed by atoms with van der Waals surface area (Å²) >= 11 is 0. The molecule has 0 aliphatic carbocycles. The van der Waals surface area contributed by atoms with E-state index in [-0.39, 0.29) is 11.3 Å². The van der Waals surface area contributed by atoms with Crippen molar-refractivity contribution in [1.82, 2.24) is 19.9 Å². The number of aromatic nitrogens is 3. The number of allylic oxidation sites excluding steroid dienone is 1. The number of morpholine rings is 1. The molecule has 2 aromatic carbocycles. The van der Waals surface area contributed by atoms with Gasteiger partial charge in [0.05, 0.1) is 36.9 Å². The Morgan fingerprint density at radius 3 is 2.41 bits per heavy atom. The zero-order valence-electron chi connectivity index (χ0n) is 24.6. The number of nitrogens with one attached hydrogen (secondary N) is 3. The zero-order valence-corrected chi connectivity index (χ0v) is 24.6. The maximum atomic E-state index is 14.4. The third-order valence-corrected chi connectivity index (χ3v) is 6.93. The SMILES string of the molecule is C[NH2+]/C=C(\C=N)c1cnc2c(N3CCOCC3)nc(-c3ccc(NC(=O)Nc4ccc(C(=O)N(C)C)c(F)c4)cc3)nc2c1. The van der Waals surface area contributed by atoms with Gasteiger partial charge in [0.2, 0.25) is 0 Å². The van der Waals surface area contributed by atoms with Crippen molar-refractivity contribution >= 4 is 52.0 Å². The van der Waals surface area contributed by atoms with Gasteiger partial charge in [0.1, 0.15) is 17.5 Å². The first-order valence-corrected chi connectivity index (χ1v) is 14.0. The highest BCUT2D eigenvalue weighted by molar-refractivity contribution is 6.08. The van der Waals surface area contributed by atoms with Crippen molar-refractivity contribution in [3.8, 4) is 11.4 Å². The number of amides is 3. The first-order chi connectivity index (χ1) is 21.3. The molecule has 0 atom stereocenters. The number of nitrogens with two attached hydrogens (primary N) is 1. The van der Waals surface area contributed by atoms with Crippen LogP contribution in [0.25, 0.3) is 28.0 Å². The minimum atomic E-state index is -0.728. The molecule has 3 amide bonds. The quantitative estimate of drug-likeness (QED) is 0.227. The van der Waals surface area contributed by atoms with Crippen LogP contribution >= 0.6 is 0 Å². The van der Waals surface area contributed by atoms with Crippen LogP contribution in [0.2, 0.25) is 0 Å². The fourth-order valence-electron chi connectivity index (χ4n) is 4.70. The number of carbonyl (C=O) groups excluding carboxylic acids is 2. The van der Waals surface area contributed by atoms with Gasteiger partial charge in [-0.1, -0.05) is 0 Å². The smallest absolute Gasteiger partial charge is 0.323 e. The molecule has 1 aliphatic rings. The van der Waals surface area contributed by atoms with Gasteiger partial charge in [0.15, 0.2) is 11.6 Å². The molecule has 3 heterocycles. The first kappa shape index (κ1) is 30.2. The van der Waals surface area contributed by atoms with E-state index in [1.807, 2.05) is 24.6 Å². The van der Waals surface area contributed by atoms with Gasteiger partial charge in [-0.25, -0.2) is 19.2 Å². The molecule has 5 rings (SSSR count). The number of ether oxygens (including phenoxy) is 1. The fourth-order valence-corrected chi connectivity index (χ4v) is 4.70. The molecule has 0 unspecified atom stereocenters. The summed E-state index contributed by atoms with van der Waals surface area (Å²) < 4.78 is 20.0. The van der Waals surface area contributed by atoms with E-state index < -0.39 is 17.8 Å². The summed E-state index contributed by atoms with van der Waals surface area (Å²) in [6.07, 6.45) is 4.86. The second-order valence-corrected chi connectivity index (χ2v) is 10.2. The minimum absolute atomic E-state index is 0.0812. The van der Waals surface area contributed by atoms with Gasteiger partial charge in [-0.05, 0) is 48.5 Å². The van der Waals surface area contributed by atoms with Crippen LogP contribution in [-0.2, 0) is 4.74 Å². The third kappa shape index (κ3) is 6.69. The van der Waals surface area contributed by atoms with E-state index in [1.165, 1.54) is 37.3 Å². The molecule has 1 aliphatic heterocycles. The van der Waals surface area contributed by atoms with Crippen LogP contribution in [0.1, 0.15) is 15.9 Å². The highest BCUT2D eigenvalue weighted by Gasteiger charge is 2.20. The zero-order chi connectivity index (χ0) is 31.2. The predicted octanol–water partition coefficient (Wildman–Crippen LogP) is 3.20. The molecule has 0 radical (unpaired) electrons. The summed E-state index contributed by atoms with van der Waals surface area (Å²) in [7, 11) is 4.96. The van der Waals surface area contributed by atoms with Crippen LogP contribution in [0, 0.1) is 11.2 Å². The molecule has 0 saturated carbocycles. The largest absolute Gasteiger partial charge is 0.378 e. The summed E-state index contributed by atoms with van der Waals surface area (Å²) in [6, 6.07) is 12.3. The maximum absolute atomic E-state index is 14.4. The van der Waals surface area contributed by atoms with Gasteiger partial charge in [0.25, 0.3) is 5.91 Å². The highest BCUT2D eigenvalue weighted by Crippen LogP contribution is 2.29. The Hall–Kier alpha value is -5.27. The minimum Gasteiger partial charge on any atom is -0.378 e. The van der Waals surface area contributed by atoms with E-state index >= 15 is 0 Å². The van der Waals surface area contributed by atoms with Gasteiger partial charge in [-0.3, -0.25) is 9.78 Å². The summed E-state index contributed by atoms with van der Waals surface area (Å²) in [6.45, 7) is 2.50. The summed E-state index contributed by atoms with van der Waals surface area (Å²) in [5, 5.41) is 15.0. The number of hydrogen-bond donors (Lipinski definition) is 4. The predicted molar refractivity (Wildman–Crippen MR) is 167 cm³/mol. The molecule has 1 saturated heterocycles. The van der Waals surface area contributed by atoms with Crippen molar-refractivity contribution in [2.75, 3.05) is 63.0 Å². The molecule has 226 valence electrons. The number of hydrogen-bond acceptors (Lipinski definition) is 8. The number of carbonyl (C=O) groups is 2. The van der Waals surface area contributed by atoms with Crippen molar-refractivity contribution in [3.05, 3.63) is 77.9 Å².